The molecule has 0 radical (unpaired) electrons. The van der Waals surface area contributed by atoms with Crippen molar-refractivity contribution in [2.75, 3.05) is 0 Å². The number of halogens is 1. The maximum atomic E-state index is 9.16. The molecule has 1 aliphatic rings. The number of aliphatic hydroxyl groups is 1. The van der Waals surface area contributed by atoms with Gasteiger partial charge in [-0.25, -0.2) is 0 Å². The molecular formula is C11H13BrO. The highest BCUT2D eigenvalue weighted by atomic mass is 79.9. The molecule has 1 N–H and O–H groups in total. The molecule has 0 bridgehead atoms. The van der Waals surface area contributed by atoms with Crippen molar-refractivity contribution in [1.82, 2.24) is 0 Å². The van der Waals surface area contributed by atoms with Crippen LogP contribution in [0.3, 0.4) is 0 Å². The predicted octanol–water partition coefficient (Wildman–Crippen LogP) is 2.89. The Hall–Kier alpha value is -0.340. The monoisotopic (exact) mass is 240 g/mol. The second-order valence-corrected chi connectivity index (χ2v) is 4.54. The van der Waals surface area contributed by atoms with Crippen LogP contribution in [-0.4, -0.2) is 5.11 Å². The van der Waals surface area contributed by atoms with E-state index < -0.39 is 0 Å². The Morgan fingerprint density at radius 1 is 1.38 bits per heavy atom. The Bertz CT molecular complexity index is 305. The highest BCUT2D eigenvalue weighted by Gasteiger charge is 2.23. The fourth-order valence-corrected chi connectivity index (χ4v) is 2.16. The summed E-state index contributed by atoms with van der Waals surface area (Å²) >= 11 is 3.53. The molecular weight excluding hydrogens is 228 g/mol. The minimum Gasteiger partial charge on any atom is -0.392 e. The Labute approximate surface area is 86.9 Å². The van der Waals surface area contributed by atoms with Crippen molar-refractivity contribution >= 4 is 15.9 Å². The zero-order valence-corrected chi connectivity index (χ0v) is 9.05. The van der Waals surface area contributed by atoms with E-state index in [-0.39, 0.29) is 6.61 Å². The molecule has 1 nitrogen and oxygen atoms in total. The third-order valence-corrected chi connectivity index (χ3v) is 3.32. The Morgan fingerprint density at radius 3 is 2.77 bits per heavy atom. The standard InChI is InChI=1S/C11H13BrO/c12-11-3-1-2-9(7-13)10(11)6-8-4-5-8/h1-3,8,13H,4-7H2. The van der Waals surface area contributed by atoms with Crippen LogP contribution in [0.25, 0.3) is 0 Å². The van der Waals surface area contributed by atoms with E-state index in [4.69, 9.17) is 5.11 Å². The maximum Gasteiger partial charge on any atom is 0.0684 e. The van der Waals surface area contributed by atoms with E-state index in [2.05, 4.69) is 22.0 Å². The quantitative estimate of drug-likeness (QED) is 0.862. The fraction of sp³-hybridized carbons (Fsp3) is 0.455. The second kappa shape index (κ2) is 3.81. The smallest absolute Gasteiger partial charge is 0.0684 e. The molecule has 0 aromatic heterocycles. The second-order valence-electron chi connectivity index (χ2n) is 3.68. The summed E-state index contributed by atoms with van der Waals surface area (Å²) < 4.78 is 1.14. The van der Waals surface area contributed by atoms with Gasteiger partial charge in [-0.05, 0) is 42.4 Å². The summed E-state index contributed by atoms with van der Waals surface area (Å²) in [7, 11) is 0. The van der Waals surface area contributed by atoms with Crippen LogP contribution in [0, 0.1) is 5.92 Å². The first-order valence-electron chi connectivity index (χ1n) is 4.68. The first-order valence-corrected chi connectivity index (χ1v) is 5.47. The fourth-order valence-electron chi connectivity index (χ4n) is 1.59. The van der Waals surface area contributed by atoms with Gasteiger partial charge in [-0.3, -0.25) is 0 Å². The molecule has 1 saturated carbocycles. The Balaban J connectivity index is 2.27. The van der Waals surface area contributed by atoms with Gasteiger partial charge in [-0.2, -0.15) is 0 Å². The van der Waals surface area contributed by atoms with Crippen molar-refractivity contribution < 1.29 is 5.11 Å². The van der Waals surface area contributed by atoms with Gasteiger partial charge < -0.3 is 5.11 Å². The molecule has 1 aromatic carbocycles. The summed E-state index contributed by atoms with van der Waals surface area (Å²) in [4.78, 5) is 0. The van der Waals surface area contributed by atoms with Gasteiger partial charge in [0, 0.05) is 4.47 Å². The van der Waals surface area contributed by atoms with Gasteiger partial charge in [0.15, 0.2) is 0 Å². The molecule has 0 atom stereocenters. The predicted molar refractivity (Wildman–Crippen MR) is 56.5 cm³/mol. The van der Waals surface area contributed by atoms with Crippen LogP contribution in [0.15, 0.2) is 22.7 Å². The van der Waals surface area contributed by atoms with E-state index in [1.54, 1.807) is 0 Å². The number of hydrogen-bond acceptors (Lipinski definition) is 1. The minimum atomic E-state index is 0.154. The van der Waals surface area contributed by atoms with Crippen molar-refractivity contribution in [3.63, 3.8) is 0 Å². The molecule has 1 fully saturated rings. The molecule has 2 heteroatoms. The van der Waals surface area contributed by atoms with E-state index >= 15 is 0 Å². The highest BCUT2D eigenvalue weighted by Crippen LogP contribution is 2.35. The van der Waals surface area contributed by atoms with Crippen LogP contribution in [0.5, 0.6) is 0 Å². The van der Waals surface area contributed by atoms with Gasteiger partial charge in [0.1, 0.15) is 0 Å². The van der Waals surface area contributed by atoms with Crippen LogP contribution >= 0.6 is 15.9 Å². The summed E-state index contributed by atoms with van der Waals surface area (Å²) in [5, 5.41) is 9.16. The highest BCUT2D eigenvalue weighted by molar-refractivity contribution is 9.10. The number of hydrogen-bond donors (Lipinski definition) is 1. The summed E-state index contributed by atoms with van der Waals surface area (Å²) in [5.74, 6) is 0.865. The normalized spacial score (nSPS) is 16.2. The number of benzene rings is 1. The lowest BCUT2D eigenvalue weighted by molar-refractivity contribution is 0.280. The molecule has 0 unspecified atom stereocenters. The first-order chi connectivity index (χ1) is 6.31. The zero-order chi connectivity index (χ0) is 9.26. The molecule has 13 heavy (non-hydrogen) atoms. The Kier molecular flexibility index (Phi) is 2.70. The summed E-state index contributed by atoms with van der Waals surface area (Å²) in [5.41, 5.74) is 2.37. The summed E-state index contributed by atoms with van der Waals surface area (Å²) in [6, 6.07) is 6.03. The lowest BCUT2D eigenvalue weighted by atomic mass is 10.0. The SMILES string of the molecule is OCc1cccc(Br)c1CC1CC1. The Morgan fingerprint density at radius 2 is 2.15 bits per heavy atom. The van der Waals surface area contributed by atoms with E-state index in [1.165, 1.54) is 18.4 Å². The average molecular weight is 241 g/mol. The molecule has 0 saturated heterocycles. The molecule has 0 spiro atoms. The van der Waals surface area contributed by atoms with Crippen molar-refractivity contribution in [3.05, 3.63) is 33.8 Å². The van der Waals surface area contributed by atoms with Crippen molar-refractivity contribution in [2.24, 2.45) is 5.92 Å². The van der Waals surface area contributed by atoms with Gasteiger partial charge in [-0.15, -0.1) is 0 Å². The third kappa shape index (κ3) is 2.12. The largest absolute Gasteiger partial charge is 0.392 e. The van der Waals surface area contributed by atoms with Crippen LogP contribution < -0.4 is 0 Å². The van der Waals surface area contributed by atoms with Gasteiger partial charge in [0.25, 0.3) is 0 Å². The third-order valence-electron chi connectivity index (χ3n) is 2.58. The van der Waals surface area contributed by atoms with E-state index in [0.717, 1.165) is 22.4 Å². The molecule has 70 valence electrons. The number of aliphatic hydroxyl groups excluding tert-OH is 1. The minimum absolute atomic E-state index is 0.154. The first kappa shape index (κ1) is 9.22. The zero-order valence-electron chi connectivity index (χ0n) is 7.46. The molecule has 1 aliphatic carbocycles. The molecule has 0 amide bonds. The summed E-state index contributed by atoms with van der Waals surface area (Å²) in [6.45, 7) is 0.154. The maximum absolute atomic E-state index is 9.16. The van der Waals surface area contributed by atoms with E-state index in [0.29, 0.717) is 0 Å². The summed E-state index contributed by atoms with van der Waals surface area (Å²) in [6.07, 6.45) is 3.83. The molecule has 0 aliphatic heterocycles. The lowest BCUT2D eigenvalue weighted by Crippen LogP contribution is -1.96. The van der Waals surface area contributed by atoms with Crippen LogP contribution in [0.1, 0.15) is 24.0 Å². The van der Waals surface area contributed by atoms with E-state index in [1.807, 2.05) is 12.1 Å². The van der Waals surface area contributed by atoms with Crippen LogP contribution in [0.4, 0.5) is 0 Å². The molecule has 2 rings (SSSR count). The number of rotatable bonds is 3. The van der Waals surface area contributed by atoms with Crippen LogP contribution in [-0.2, 0) is 13.0 Å². The van der Waals surface area contributed by atoms with E-state index in [9.17, 15) is 0 Å². The molecule has 1 aromatic rings. The van der Waals surface area contributed by atoms with Crippen molar-refractivity contribution in [2.45, 2.75) is 25.9 Å². The molecule has 0 heterocycles. The van der Waals surface area contributed by atoms with Gasteiger partial charge in [0.05, 0.1) is 6.61 Å². The lowest BCUT2D eigenvalue weighted by Gasteiger charge is -2.08. The topological polar surface area (TPSA) is 20.2 Å². The van der Waals surface area contributed by atoms with Gasteiger partial charge >= 0.3 is 0 Å². The van der Waals surface area contributed by atoms with Crippen LogP contribution in [0.2, 0.25) is 0 Å². The van der Waals surface area contributed by atoms with Gasteiger partial charge in [0.2, 0.25) is 0 Å². The van der Waals surface area contributed by atoms with Crippen molar-refractivity contribution in [3.8, 4) is 0 Å². The van der Waals surface area contributed by atoms with Crippen molar-refractivity contribution in [1.29, 1.82) is 0 Å². The van der Waals surface area contributed by atoms with Gasteiger partial charge in [-0.1, -0.05) is 28.1 Å². The average Bonchev–Trinajstić information content (AvgIpc) is 2.92.